The second-order valence-electron chi connectivity index (χ2n) is 5.46. The first-order chi connectivity index (χ1) is 12.1. The summed E-state index contributed by atoms with van der Waals surface area (Å²) < 4.78 is 23.8. The minimum Gasteiger partial charge on any atom is -0.486 e. The van der Waals surface area contributed by atoms with Crippen LogP contribution in [-0.4, -0.2) is 10.9 Å². The van der Waals surface area contributed by atoms with Gasteiger partial charge in [-0.15, -0.1) is 0 Å². The third-order valence-electron chi connectivity index (χ3n) is 3.56. The number of hydrogen-bond donors (Lipinski definition) is 1. The Morgan fingerprint density at radius 1 is 1.20 bits per heavy atom. The maximum Gasteiger partial charge on any atom is 0.287 e. The van der Waals surface area contributed by atoms with Gasteiger partial charge in [0, 0.05) is 6.20 Å². The van der Waals surface area contributed by atoms with E-state index in [1.54, 1.807) is 18.3 Å². The summed E-state index contributed by atoms with van der Waals surface area (Å²) >= 11 is 0. The second-order valence-corrected chi connectivity index (χ2v) is 5.46. The molecule has 5 nitrogen and oxygen atoms in total. The first kappa shape index (κ1) is 16.7. The van der Waals surface area contributed by atoms with Crippen LogP contribution in [-0.2, 0) is 6.61 Å². The molecule has 0 aliphatic carbocycles. The summed E-state index contributed by atoms with van der Waals surface area (Å²) in [7, 11) is 0. The van der Waals surface area contributed by atoms with Crippen molar-refractivity contribution in [1.82, 2.24) is 10.3 Å². The number of carbonyl (C=O) groups is 1. The first-order valence-electron chi connectivity index (χ1n) is 7.80. The highest BCUT2D eigenvalue weighted by atomic mass is 19.1. The molecule has 3 rings (SSSR count). The number of rotatable bonds is 6. The zero-order valence-electron chi connectivity index (χ0n) is 13.6. The fourth-order valence-electron chi connectivity index (χ4n) is 2.24. The standard InChI is InChI=1S/C19H17FN2O3/c1-13(17-4-2-3-11-21-17)22-19(23)18-10-9-16(25-18)12-24-15-7-5-14(20)6-8-15/h2-11,13H,12H2,1H3,(H,22,23). The lowest BCUT2D eigenvalue weighted by molar-refractivity contribution is 0.0907. The van der Waals surface area contributed by atoms with Gasteiger partial charge in [0.05, 0.1) is 11.7 Å². The minimum absolute atomic E-state index is 0.148. The summed E-state index contributed by atoms with van der Waals surface area (Å²) in [4.78, 5) is 16.4. The number of halogens is 1. The summed E-state index contributed by atoms with van der Waals surface area (Å²) in [6.07, 6.45) is 1.68. The molecule has 1 atom stereocenters. The zero-order chi connectivity index (χ0) is 17.6. The Hall–Kier alpha value is -3.15. The van der Waals surface area contributed by atoms with E-state index in [1.807, 2.05) is 25.1 Å². The quantitative estimate of drug-likeness (QED) is 0.739. The lowest BCUT2D eigenvalue weighted by Gasteiger charge is -2.11. The van der Waals surface area contributed by atoms with Gasteiger partial charge < -0.3 is 14.5 Å². The van der Waals surface area contributed by atoms with Crippen molar-refractivity contribution in [2.45, 2.75) is 19.6 Å². The molecule has 0 bridgehead atoms. The van der Waals surface area contributed by atoms with Gasteiger partial charge in [0.1, 0.15) is 23.9 Å². The third-order valence-corrected chi connectivity index (χ3v) is 3.56. The van der Waals surface area contributed by atoms with Crippen LogP contribution in [0.5, 0.6) is 5.75 Å². The molecule has 2 heterocycles. The molecular weight excluding hydrogens is 323 g/mol. The molecule has 0 saturated heterocycles. The molecule has 1 amide bonds. The Balaban J connectivity index is 1.57. The van der Waals surface area contributed by atoms with Gasteiger partial charge in [-0.1, -0.05) is 6.07 Å². The number of carbonyl (C=O) groups excluding carboxylic acids is 1. The molecule has 1 N–H and O–H groups in total. The van der Waals surface area contributed by atoms with Crippen LogP contribution >= 0.6 is 0 Å². The number of ether oxygens (including phenoxy) is 1. The van der Waals surface area contributed by atoms with Crippen molar-refractivity contribution in [3.05, 3.63) is 83.8 Å². The van der Waals surface area contributed by atoms with Crippen molar-refractivity contribution in [1.29, 1.82) is 0 Å². The van der Waals surface area contributed by atoms with E-state index in [0.717, 1.165) is 5.69 Å². The van der Waals surface area contributed by atoms with Gasteiger partial charge in [0.2, 0.25) is 0 Å². The molecule has 1 aromatic carbocycles. The van der Waals surface area contributed by atoms with E-state index in [0.29, 0.717) is 11.5 Å². The minimum atomic E-state index is -0.328. The maximum absolute atomic E-state index is 12.8. The van der Waals surface area contributed by atoms with Crippen molar-refractivity contribution in [3.8, 4) is 5.75 Å². The number of benzene rings is 1. The summed E-state index contributed by atoms with van der Waals surface area (Å²) in [6, 6.07) is 14.2. The van der Waals surface area contributed by atoms with E-state index in [2.05, 4.69) is 10.3 Å². The number of amides is 1. The van der Waals surface area contributed by atoms with Crippen LogP contribution in [0.25, 0.3) is 0 Å². The second kappa shape index (κ2) is 7.61. The average molecular weight is 340 g/mol. The molecule has 0 fully saturated rings. The predicted octanol–water partition coefficient (Wildman–Crippen LogP) is 3.88. The van der Waals surface area contributed by atoms with Gasteiger partial charge in [-0.25, -0.2) is 4.39 Å². The highest BCUT2D eigenvalue weighted by molar-refractivity contribution is 5.91. The molecule has 0 radical (unpaired) electrons. The number of nitrogens with zero attached hydrogens (tertiary/aromatic N) is 1. The van der Waals surface area contributed by atoms with Crippen molar-refractivity contribution in [3.63, 3.8) is 0 Å². The molecule has 0 aliphatic rings. The summed E-state index contributed by atoms with van der Waals surface area (Å²) in [6.45, 7) is 2.00. The van der Waals surface area contributed by atoms with Crippen LogP contribution in [0.4, 0.5) is 4.39 Å². The number of hydrogen-bond acceptors (Lipinski definition) is 4. The Labute approximate surface area is 144 Å². The van der Waals surface area contributed by atoms with Crippen molar-refractivity contribution in [2.24, 2.45) is 0 Å². The van der Waals surface area contributed by atoms with Gasteiger partial charge >= 0.3 is 0 Å². The van der Waals surface area contributed by atoms with E-state index in [9.17, 15) is 9.18 Å². The Morgan fingerprint density at radius 3 is 2.72 bits per heavy atom. The molecule has 2 aromatic heterocycles. The van der Waals surface area contributed by atoms with Crippen molar-refractivity contribution in [2.75, 3.05) is 0 Å². The van der Waals surface area contributed by atoms with Gasteiger partial charge in [-0.2, -0.15) is 0 Å². The smallest absolute Gasteiger partial charge is 0.287 e. The monoisotopic (exact) mass is 340 g/mol. The summed E-state index contributed by atoms with van der Waals surface area (Å²) in [5, 5.41) is 2.83. The normalized spacial score (nSPS) is 11.8. The number of aromatic nitrogens is 1. The van der Waals surface area contributed by atoms with Crippen LogP contribution in [0, 0.1) is 5.82 Å². The van der Waals surface area contributed by atoms with Gasteiger partial charge in [-0.05, 0) is 55.5 Å². The van der Waals surface area contributed by atoms with E-state index in [4.69, 9.17) is 9.15 Å². The lowest BCUT2D eigenvalue weighted by Crippen LogP contribution is -2.26. The fourth-order valence-corrected chi connectivity index (χ4v) is 2.24. The molecule has 3 aromatic rings. The lowest BCUT2D eigenvalue weighted by atomic mass is 10.2. The number of nitrogens with one attached hydrogen (secondary N) is 1. The Bertz CT molecular complexity index is 831. The molecule has 25 heavy (non-hydrogen) atoms. The molecule has 0 spiro atoms. The maximum atomic E-state index is 12.8. The SMILES string of the molecule is CC(NC(=O)c1ccc(COc2ccc(F)cc2)o1)c1ccccn1. The third kappa shape index (κ3) is 4.44. The zero-order valence-corrected chi connectivity index (χ0v) is 13.6. The Kier molecular flexibility index (Phi) is 5.09. The largest absolute Gasteiger partial charge is 0.486 e. The number of pyridine rings is 1. The van der Waals surface area contributed by atoms with E-state index < -0.39 is 0 Å². The summed E-state index contributed by atoms with van der Waals surface area (Å²) in [5.74, 6) is 0.561. The van der Waals surface area contributed by atoms with Crippen LogP contribution in [0.2, 0.25) is 0 Å². The highest BCUT2D eigenvalue weighted by Gasteiger charge is 2.15. The van der Waals surface area contributed by atoms with Crippen molar-refractivity contribution >= 4 is 5.91 Å². The summed E-state index contributed by atoms with van der Waals surface area (Å²) in [5.41, 5.74) is 0.766. The van der Waals surface area contributed by atoms with E-state index in [-0.39, 0.29) is 30.1 Å². The van der Waals surface area contributed by atoms with Crippen LogP contribution in [0.1, 0.15) is 35.0 Å². The molecular formula is C19H17FN2O3. The van der Waals surface area contributed by atoms with E-state index in [1.165, 1.54) is 24.3 Å². The van der Waals surface area contributed by atoms with Gasteiger partial charge in [0.15, 0.2) is 5.76 Å². The van der Waals surface area contributed by atoms with Crippen molar-refractivity contribution < 1.29 is 18.3 Å². The molecule has 0 saturated carbocycles. The molecule has 0 aliphatic heterocycles. The molecule has 6 heteroatoms. The molecule has 1 unspecified atom stereocenters. The van der Waals surface area contributed by atoms with Gasteiger partial charge in [0.25, 0.3) is 5.91 Å². The average Bonchev–Trinajstić information content (AvgIpc) is 3.11. The van der Waals surface area contributed by atoms with Crippen LogP contribution < -0.4 is 10.1 Å². The van der Waals surface area contributed by atoms with E-state index >= 15 is 0 Å². The topological polar surface area (TPSA) is 64.4 Å². The van der Waals surface area contributed by atoms with Crippen LogP contribution in [0.15, 0.2) is 65.2 Å². The predicted molar refractivity (Wildman–Crippen MR) is 89.6 cm³/mol. The fraction of sp³-hybridized carbons (Fsp3) is 0.158. The van der Waals surface area contributed by atoms with Crippen LogP contribution in [0.3, 0.4) is 0 Å². The van der Waals surface area contributed by atoms with Gasteiger partial charge in [-0.3, -0.25) is 9.78 Å². The molecule has 128 valence electrons. The first-order valence-corrected chi connectivity index (χ1v) is 7.80. The highest BCUT2D eigenvalue weighted by Crippen LogP contribution is 2.16. The Morgan fingerprint density at radius 2 is 2.00 bits per heavy atom. The number of furan rings is 1.